The number of nitrogens with one attached hydrogen (secondary N) is 1. The lowest BCUT2D eigenvalue weighted by atomic mass is 9.89. The summed E-state index contributed by atoms with van der Waals surface area (Å²) in [6.07, 6.45) is 2.06. The van der Waals surface area contributed by atoms with Crippen molar-refractivity contribution in [3.63, 3.8) is 0 Å². The molecule has 4 rings (SSSR count). The van der Waals surface area contributed by atoms with E-state index in [-0.39, 0.29) is 5.91 Å². The van der Waals surface area contributed by atoms with Crippen LogP contribution in [-0.2, 0) is 6.54 Å². The summed E-state index contributed by atoms with van der Waals surface area (Å²) in [4.78, 5) is 15.0. The third-order valence-electron chi connectivity index (χ3n) is 5.50. The third kappa shape index (κ3) is 4.42. The number of carbonyl (C=O) groups is 1. The Hall–Kier alpha value is -3.07. The van der Waals surface area contributed by atoms with E-state index in [2.05, 4.69) is 47.8 Å². The minimum atomic E-state index is 0.134. The number of amides is 1. The van der Waals surface area contributed by atoms with Crippen LogP contribution in [0.4, 0.5) is 5.69 Å². The fraction of sp³-hybridized carbons (Fsp3) is 0.240. The quantitative estimate of drug-likeness (QED) is 0.659. The van der Waals surface area contributed by atoms with Gasteiger partial charge in [-0.25, -0.2) is 0 Å². The first-order valence-electron chi connectivity index (χ1n) is 10.0. The Kier molecular flexibility index (Phi) is 5.72. The molecule has 0 aromatic heterocycles. The van der Waals surface area contributed by atoms with Crippen LogP contribution < -0.4 is 5.32 Å². The Balaban J connectivity index is 1.36. The molecule has 0 bridgehead atoms. The van der Waals surface area contributed by atoms with Crippen molar-refractivity contribution in [2.75, 3.05) is 18.4 Å². The molecule has 0 atom stereocenters. The molecule has 3 aromatic carbocycles. The number of benzene rings is 3. The summed E-state index contributed by atoms with van der Waals surface area (Å²) in [5, 5.41) is 3.42. The minimum Gasteiger partial charge on any atom is -0.381 e. The highest BCUT2D eigenvalue weighted by molar-refractivity contribution is 5.95. The van der Waals surface area contributed by atoms with Gasteiger partial charge in [0.05, 0.1) is 0 Å². The van der Waals surface area contributed by atoms with Gasteiger partial charge in [0, 0.05) is 30.9 Å². The van der Waals surface area contributed by atoms with E-state index in [4.69, 9.17) is 0 Å². The lowest BCUT2D eigenvalue weighted by Crippen LogP contribution is -2.37. The smallest absolute Gasteiger partial charge is 0.253 e. The molecule has 1 aliphatic rings. The summed E-state index contributed by atoms with van der Waals surface area (Å²) in [5.74, 6) is 0.694. The maximum Gasteiger partial charge on any atom is 0.253 e. The zero-order chi connectivity index (χ0) is 19.2. The highest BCUT2D eigenvalue weighted by Crippen LogP contribution is 2.28. The maximum absolute atomic E-state index is 13.0. The van der Waals surface area contributed by atoms with E-state index in [1.807, 2.05) is 47.4 Å². The van der Waals surface area contributed by atoms with E-state index in [0.717, 1.165) is 43.7 Å². The molecule has 1 heterocycles. The standard InChI is InChI=1S/C25H26N2O/c28-25(27-16-14-22(15-17-27)21-10-5-2-6-11-21)23-12-7-13-24(18-23)26-19-20-8-3-1-4-9-20/h1-13,18,22,26H,14-17,19H2. The normalized spacial score (nSPS) is 14.6. The molecule has 1 aliphatic heterocycles. The Bertz CT molecular complexity index is 900. The SMILES string of the molecule is O=C(c1cccc(NCc2ccccc2)c1)N1CCC(c2ccccc2)CC1. The predicted molar refractivity (Wildman–Crippen MR) is 115 cm³/mol. The molecule has 142 valence electrons. The fourth-order valence-electron chi connectivity index (χ4n) is 3.89. The number of carbonyl (C=O) groups excluding carboxylic acids is 1. The lowest BCUT2D eigenvalue weighted by Gasteiger charge is -2.32. The van der Waals surface area contributed by atoms with Crippen molar-refractivity contribution in [1.29, 1.82) is 0 Å². The summed E-state index contributed by atoms with van der Waals surface area (Å²) >= 11 is 0. The van der Waals surface area contributed by atoms with Crippen LogP contribution in [0.25, 0.3) is 0 Å². The van der Waals surface area contributed by atoms with E-state index in [9.17, 15) is 4.79 Å². The van der Waals surface area contributed by atoms with E-state index in [1.54, 1.807) is 0 Å². The number of anilines is 1. The first-order valence-corrected chi connectivity index (χ1v) is 10.0. The van der Waals surface area contributed by atoms with Gasteiger partial charge in [0.1, 0.15) is 0 Å². The Labute approximate surface area is 167 Å². The van der Waals surface area contributed by atoms with Gasteiger partial charge in [0.15, 0.2) is 0 Å². The van der Waals surface area contributed by atoms with Gasteiger partial charge in [-0.1, -0.05) is 66.7 Å². The number of piperidine rings is 1. The van der Waals surface area contributed by atoms with Crippen LogP contribution >= 0.6 is 0 Å². The molecule has 3 nitrogen and oxygen atoms in total. The molecule has 1 N–H and O–H groups in total. The second kappa shape index (κ2) is 8.75. The topological polar surface area (TPSA) is 32.3 Å². The summed E-state index contributed by atoms with van der Waals surface area (Å²) in [6.45, 7) is 2.39. The second-order valence-corrected chi connectivity index (χ2v) is 7.40. The van der Waals surface area contributed by atoms with Gasteiger partial charge in [-0.2, -0.15) is 0 Å². The van der Waals surface area contributed by atoms with Crippen LogP contribution in [0.5, 0.6) is 0 Å². The average Bonchev–Trinajstić information content (AvgIpc) is 2.79. The monoisotopic (exact) mass is 370 g/mol. The molecule has 0 radical (unpaired) electrons. The molecule has 0 aliphatic carbocycles. The number of nitrogens with zero attached hydrogens (tertiary/aromatic N) is 1. The van der Waals surface area contributed by atoms with Gasteiger partial charge in [0.2, 0.25) is 0 Å². The summed E-state index contributed by atoms with van der Waals surface area (Å²) in [5.41, 5.74) is 4.36. The van der Waals surface area contributed by atoms with Crippen molar-refractivity contribution in [1.82, 2.24) is 4.90 Å². The molecule has 3 heteroatoms. The number of hydrogen-bond donors (Lipinski definition) is 1. The van der Waals surface area contributed by atoms with Gasteiger partial charge in [0.25, 0.3) is 5.91 Å². The summed E-state index contributed by atoms with van der Waals surface area (Å²) in [6, 6.07) is 28.8. The summed E-state index contributed by atoms with van der Waals surface area (Å²) in [7, 11) is 0. The second-order valence-electron chi connectivity index (χ2n) is 7.40. The van der Waals surface area contributed by atoms with Crippen molar-refractivity contribution in [2.45, 2.75) is 25.3 Å². The molecule has 0 unspecified atom stereocenters. The molecule has 28 heavy (non-hydrogen) atoms. The number of hydrogen-bond acceptors (Lipinski definition) is 2. The molecule has 1 fully saturated rings. The largest absolute Gasteiger partial charge is 0.381 e. The van der Waals surface area contributed by atoms with Gasteiger partial charge in [-0.15, -0.1) is 0 Å². The minimum absolute atomic E-state index is 0.134. The van der Waals surface area contributed by atoms with Crippen molar-refractivity contribution in [3.05, 3.63) is 102 Å². The fourth-order valence-corrected chi connectivity index (χ4v) is 3.89. The number of likely N-dealkylation sites (tertiary alicyclic amines) is 1. The van der Waals surface area contributed by atoms with Crippen LogP contribution in [0, 0.1) is 0 Å². The van der Waals surface area contributed by atoms with Crippen LogP contribution in [0.3, 0.4) is 0 Å². The predicted octanol–water partition coefficient (Wildman–Crippen LogP) is 5.32. The molecule has 1 amide bonds. The molecule has 0 saturated carbocycles. The highest BCUT2D eigenvalue weighted by atomic mass is 16.2. The first kappa shape index (κ1) is 18.3. The van der Waals surface area contributed by atoms with Crippen LogP contribution in [-0.4, -0.2) is 23.9 Å². The third-order valence-corrected chi connectivity index (χ3v) is 5.50. The van der Waals surface area contributed by atoms with E-state index >= 15 is 0 Å². The Morgan fingerprint density at radius 2 is 1.54 bits per heavy atom. The summed E-state index contributed by atoms with van der Waals surface area (Å²) < 4.78 is 0. The average molecular weight is 370 g/mol. The van der Waals surface area contributed by atoms with E-state index in [0.29, 0.717) is 5.92 Å². The van der Waals surface area contributed by atoms with Crippen LogP contribution in [0.15, 0.2) is 84.9 Å². The highest BCUT2D eigenvalue weighted by Gasteiger charge is 2.24. The van der Waals surface area contributed by atoms with Crippen molar-refractivity contribution >= 4 is 11.6 Å². The lowest BCUT2D eigenvalue weighted by molar-refractivity contribution is 0.0713. The molecule has 3 aromatic rings. The molecular weight excluding hydrogens is 344 g/mol. The Morgan fingerprint density at radius 1 is 0.857 bits per heavy atom. The maximum atomic E-state index is 13.0. The van der Waals surface area contributed by atoms with Crippen LogP contribution in [0.1, 0.15) is 40.2 Å². The van der Waals surface area contributed by atoms with Crippen molar-refractivity contribution < 1.29 is 4.79 Å². The van der Waals surface area contributed by atoms with Crippen molar-refractivity contribution in [3.8, 4) is 0 Å². The molecule has 0 spiro atoms. The first-order chi connectivity index (χ1) is 13.8. The zero-order valence-corrected chi connectivity index (χ0v) is 16.1. The van der Waals surface area contributed by atoms with Gasteiger partial charge < -0.3 is 10.2 Å². The molecular formula is C25H26N2O. The van der Waals surface area contributed by atoms with Crippen molar-refractivity contribution in [2.24, 2.45) is 0 Å². The van der Waals surface area contributed by atoms with Crippen LogP contribution in [0.2, 0.25) is 0 Å². The number of rotatable bonds is 5. The van der Waals surface area contributed by atoms with E-state index < -0.39 is 0 Å². The molecule has 1 saturated heterocycles. The van der Waals surface area contributed by atoms with Gasteiger partial charge in [-0.05, 0) is 48.1 Å². The van der Waals surface area contributed by atoms with Gasteiger partial charge in [-0.3, -0.25) is 4.79 Å². The Morgan fingerprint density at radius 3 is 2.25 bits per heavy atom. The van der Waals surface area contributed by atoms with E-state index in [1.165, 1.54) is 11.1 Å². The van der Waals surface area contributed by atoms with Gasteiger partial charge >= 0.3 is 0 Å². The zero-order valence-electron chi connectivity index (χ0n) is 16.1.